The molecule has 0 aromatic heterocycles. The summed E-state index contributed by atoms with van der Waals surface area (Å²) in [6.07, 6.45) is 0. The Morgan fingerprint density at radius 2 is 0.882 bits per heavy atom. The van der Waals surface area contributed by atoms with Gasteiger partial charge in [0.15, 0.2) is 0 Å². The van der Waals surface area contributed by atoms with Crippen molar-refractivity contribution in [3.63, 3.8) is 0 Å². The molecule has 0 bridgehead atoms. The van der Waals surface area contributed by atoms with Gasteiger partial charge >= 0.3 is 0 Å². The Balaban J connectivity index is 0.000000191. The van der Waals surface area contributed by atoms with E-state index in [1.54, 1.807) is 0 Å². The molecule has 172 valence electrons. The van der Waals surface area contributed by atoms with Gasteiger partial charge in [0.2, 0.25) is 0 Å². The van der Waals surface area contributed by atoms with Crippen LogP contribution in [-0.4, -0.2) is 11.8 Å². The Kier molecular flexibility index (Phi) is 8.36. The zero-order chi connectivity index (χ0) is 24.5. The summed E-state index contributed by atoms with van der Waals surface area (Å²) in [4.78, 5) is 23.8. The average Bonchev–Trinajstić information content (AvgIpc) is 2.82. The number of hydrogen-bond acceptors (Lipinski definition) is 2. The fourth-order valence-electron chi connectivity index (χ4n) is 3.18. The lowest BCUT2D eigenvalue weighted by molar-refractivity contribution is 0.101. The predicted molar refractivity (Wildman–Crippen MR) is 141 cm³/mol. The Labute approximate surface area is 201 Å². The number of benzene rings is 4. The van der Waals surface area contributed by atoms with Crippen LogP contribution in [0.1, 0.15) is 43.0 Å². The second kappa shape index (κ2) is 11.6. The summed E-state index contributed by atoms with van der Waals surface area (Å²) < 4.78 is 0. The van der Waals surface area contributed by atoms with Crippen molar-refractivity contribution in [3.05, 3.63) is 130 Å². The number of rotatable bonds is 4. The first-order valence-corrected chi connectivity index (χ1v) is 11.2. The van der Waals surface area contributed by atoms with E-state index in [2.05, 4.69) is 10.6 Å². The molecule has 4 aromatic rings. The zero-order valence-corrected chi connectivity index (χ0v) is 20.1. The highest BCUT2D eigenvalue weighted by Crippen LogP contribution is 2.13. The molecule has 0 aliphatic carbocycles. The van der Waals surface area contributed by atoms with E-state index < -0.39 is 0 Å². The molecule has 2 amide bonds. The molecule has 4 heteroatoms. The van der Waals surface area contributed by atoms with Crippen molar-refractivity contribution in [1.29, 1.82) is 0 Å². The molecule has 0 saturated carbocycles. The van der Waals surface area contributed by atoms with Crippen molar-refractivity contribution in [2.24, 2.45) is 0 Å². The summed E-state index contributed by atoms with van der Waals surface area (Å²) in [7, 11) is 0. The van der Waals surface area contributed by atoms with E-state index in [0.29, 0.717) is 11.1 Å². The summed E-state index contributed by atoms with van der Waals surface area (Å²) in [5.74, 6) is -0.149. The van der Waals surface area contributed by atoms with Gasteiger partial charge in [-0.25, -0.2) is 0 Å². The summed E-state index contributed by atoms with van der Waals surface area (Å²) in [5, 5.41) is 5.75. The minimum atomic E-state index is -0.0751. The smallest absolute Gasteiger partial charge is 0.255 e. The first kappa shape index (κ1) is 24.5. The Morgan fingerprint density at radius 1 is 0.471 bits per heavy atom. The molecule has 0 saturated heterocycles. The van der Waals surface area contributed by atoms with Crippen molar-refractivity contribution in [1.82, 2.24) is 0 Å². The van der Waals surface area contributed by atoms with Crippen LogP contribution in [0.4, 0.5) is 11.4 Å². The van der Waals surface area contributed by atoms with Gasteiger partial charge in [-0.15, -0.1) is 0 Å². The minimum absolute atomic E-state index is 0.0735. The summed E-state index contributed by atoms with van der Waals surface area (Å²) >= 11 is 0. The fraction of sp³-hybridized carbons (Fsp3) is 0.133. The summed E-state index contributed by atoms with van der Waals surface area (Å²) in [6.45, 7) is 8.02. The molecule has 4 rings (SSSR count). The Hall–Kier alpha value is -4.18. The van der Waals surface area contributed by atoms with Gasteiger partial charge in [-0.3, -0.25) is 9.59 Å². The number of anilines is 2. The largest absolute Gasteiger partial charge is 0.322 e. The van der Waals surface area contributed by atoms with E-state index in [4.69, 9.17) is 0 Å². The van der Waals surface area contributed by atoms with Crippen molar-refractivity contribution in [2.45, 2.75) is 27.7 Å². The van der Waals surface area contributed by atoms with E-state index in [1.165, 1.54) is 5.56 Å². The lowest BCUT2D eigenvalue weighted by atomic mass is 10.1. The third-order valence-electron chi connectivity index (χ3n) is 5.21. The third kappa shape index (κ3) is 7.45. The van der Waals surface area contributed by atoms with E-state index in [1.807, 2.05) is 125 Å². The third-order valence-corrected chi connectivity index (χ3v) is 5.21. The maximum atomic E-state index is 11.9. The van der Waals surface area contributed by atoms with Crippen LogP contribution in [0.2, 0.25) is 0 Å². The standard InChI is InChI=1S/2C15H15NO/c1-11-3-7-13(8-4-11)15(17)16-14-9-5-12(2)6-10-14;1-11-6-8-13(9-7-11)15(17)16-14-5-3-4-12(2)10-14/h2*3-10H,1-2H3,(H,16,17). The average molecular weight is 451 g/mol. The highest BCUT2D eigenvalue weighted by molar-refractivity contribution is 6.04. The molecule has 0 heterocycles. The molecule has 0 aliphatic rings. The van der Waals surface area contributed by atoms with Gasteiger partial charge in [0.1, 0.15) is 0 Å². The first-order valence-electron chi connectivity index (χ1n) is 11.2. The first-order chi connectivity index (χ1) is 16.3. The fourth-order valence-corrected chi connectivity index (χ4v) is 3.18. The molecule has 0 radical (unpaired) electrons. The second-order valence-electron chi connectivity index (χ2n) is 8.38. The molecule has 0 atom stereocenters. The summed E-state index contributed by atoms with van der Waals surface area (Å²) in [5.41, 5.74) is 7.61. The number of amides is 2. The molecule has 2 N–H and O–H groups in total. The van der Waals surface area contributed by atoms with E-state index in [-0.39, 0.29) is 11.8 Å². The van der Waals surface area contributed by atoms with Crippen LogP contribution in [0.5, 0.6) is 0 Å². The van der Waals surface area contributed by atoms with Crippen LogP contribution in [0.3, 0.4) is 0 Å². The van der Waals surface area contributed by atoms with Crippen LogP contribution in [0.15, 0.2) is 97.1 Å². The maximum absolute atomic E-state index is 11.9. The van der Waals surface area contributed by atoms with Gasteiger partial charge in [-0.05, 0) is 81.8 Å². The van der Waals surface area contributed by atoms with Crippen molar-refractivity contribution < 1.29 is 9.59 Å². The molecular formula is C30H30N2O2. The quantitative estimate of drug-likeness (QED) is 0.348. The highest BCUT2D eigenvalue weighted by Gasteiger charge is 2.06. The number of aryl methyl sites for hydroxylation is 4. The van der Waals surface area contributed by atoms with E-state index >= 15 is 0 Å². The zero-order valence-electron chi connectivity index (χ0n) is 20.1. The molecule has 0 spiro atoms. The number of carbonyl (C=O) groups excluding carboxylic acids is 2. The number of hydrogen-bond donors (Lipinski definition) is 2. The molecule has 0 aliphatic heterocycles. The second-order valence-corrected chi connectivity index (χ2v) is 8.38. The molecule has 4 nitrogen and oxygen atoms in total. The van der Waals surface area contributed by atoms with E-state index in [0.717, 1.165) is 28.1 Å². The topological polar surface area (TPSA) is 58.2 Å². The van der Waals surface area contributed by atoms with Gasteiger partial charge in [0, 0.05) is 22.5 Å². The van der Waals surface area contributed by atoms with Crippen molar-refractivity contribution >= 4 is 23.2 Å². The lowest BCUT2D eigenvalue weighted by Crippen LogP contribution is -2.11. The highest BCUT2D eigenvalue weighted by atomic mass is 16.2. The van der Waals surface area contributed by atoms with Crippen LogP contribution >= 0.6 is 0 Å². The van der Waals surface area contributed by atoms with Crippen LogP contribution in [0, 0.1) is 27.7 Å². The number of nitrogens with one attached hydrogen (secondary N) is 2. The summed E-state index contributed by atoms with van der Waals surface area (Å²) in [6, 6.07) is 30.6. The van der Waals surface area contributed by atoms with Crippen LogP contribution in [0.25, 0.3) is 0 Å². The monoisotopic (exact) mass is 450 g/mol. The molecule has 0 unspecified atom stereocenters. The molecule has 4 aromatic carbocycles. The van der Waals surface area contributed by atoms with Gasteiger partial charge in [-0.2, -0.15) is 0 Å². The maximum Gasteiger partial charge on any atom is 0.255 e. The SMILES string of the molecule is Cc1ccc(C(=O)Nc2cccc(C)c2)cc1.Cc1ccc(NC(=O)c2ccc(C)cc2)cc1. The van der Waals surface area contributed by atoms with Gasteiger partial charge in [0.25, 0.3) is 11.8 Å². The number of carbonyl (C=O) groups is 2. The van der Waals surface area contributed by atoms with Crippen molar-refractivity contribution in [3.8, 4) is 0 Å². The van der Waals surface area contributed by atoms with Gasteiger partial charge in [-0.1, -0.05) is 65.2 Å². The molecule has 34 heavy (non-hydrogen) atoms. The minimum Gasteiger partial charge on any atom is -0.322 e. The van der Waals surface area contributed by atoms with E-state index in [9.17, 15) is 9.59 Å². The molecular weight excluding hydrogens is 420 g/mol. The van der Waals surface area contributed by atoms with Crippen molar-refractivity contribution in [2.75, 3.05) is 10.6 Å². The van der Waals surface area contributed by atoms with Crippen LogP contribution < -0.4 is 10.6 Å². The molecule has 0 fully saturated rings. The Morgan fingerprint density at radius 3 is 1.32 bits per heavy atom. The predicted octanol–water partition coefficient (Wildman–Crippen LogP) is 7.11. The lowest BCUT2D eigenvalue weighted by Gasteiger charge is -2.06. The van der Waals surface area contributed by atoms with Gasteiger partial charge in [0.05, 0.1) is 0 Å². The Bertz CT molecular complexity index is 1240. The van der Waals surface area contributed by atoms with Crippen LogP contribution in [-0.2, 0) is 0 Å². The normalized spacial score (nSPS) is 10.0. The van der Waals surface area contributed by atoms with Gasteiger partial charge < -0.3 is 10.6 Å².